The fraction of sp³-hybridized carbons (Fsp3) is 0.538. The Balaban J connectivity index is 3.04. The van der Waals surface area contributed by atoms with Crippen LogP contribution in [0.5, 0.6) is 0 Å². The van der Waals surface area contributed by atoms with Gasteiger partial charge < -0.3 is 5.32 Å². The first kappa shape index (κ1) is 16.2. The van der Waals surface area contributed by atoms with Crippen LogP contribution >= 0.6 is 9.24 Å². The van der Waals surface area contributed by atoms with Gasteiger partial charge in [-0.15, -0.1) is 0 Å². The molecule has 0 bridgehead atoms. The minimum Gasteiger partial charge on any atom is -0.376 e. The van der Waals surface area contributed by atoms with Crippen molar-refractivity contribution in [2.75, 3.05) is 5.32 Å². The molecule has 1 N–H and O–H groups in total. The maximum Gasteiger partial charge on any atom is 0.278 e. The van der Waals surface area contributed by atoms with Crippen LogP contribution < -0.4 is 5.32 Å². The lowest BCUT2D eigenvalue weighted by Crippen LogP contribution is -2.34. The lowest BCUT2D eigenvalue weighted by atomic mass is 10.0. The first-order valence-electron chi connectivity index (χ1n) is 6.09. The van der Waals surface area contributed by atoms with Gasteiger partial charge in [-0.1, -0.05) is 30.0 Å². The molecule has 0 amide bonds. The number of benzene rings is 1. The molecule has 1 rings (SSSR count). The number of nitrogens with one attached hydrogen (secondary N) is 1. The molecule has 19 heavy (non-hydrogen) atoms. The Morgan fingerprint density at radius 1 is 1.21 bits per heavy atom. The molecule has 0 aromatic heterocycles. The standard InChI is InChI=1S/C13H18F4NP/c1-4-11(13(16,17)19)18-8-5-9(14)12(7(2)3)10(15)6-8/h5-7,11,18H,4,19H2,1-3H3. The summed E-state index contributed by atoms with van der Waals surface area (Å²) in [6.45, 7) is 4.91. The van der Waals surface area contributed by atoms with E-state index in [4.69, 9.17) is 0 Å². The maximum absolute atomic E-state index is 13.7. The van der Waals surface area contributed by atoms with Crippen molar-refractivity contribution in [2.45, 2.75) is 44.8 Å². The third kappa shape index (κ3) is 4.07. The number of rotatable bonds is 5. The molecule has 1 nitrogen and oxygen atoms in total. The van der Waals surface area contributed by atoms with Crippen molar-refractivity contribution in [1.82, 2.24) is 0 Å². The molecule has 1 aromatic carbocycles. The highest BCUT2D eigenvalue weighted by molar-refractivity contribution is 7.18. The molecule has 0 saturated heterocycles. The Morgan fingerprint density at radius 3 is 2.00 bits per heavy atom. The highest BCUT2D eigenvalue weighted by Crippen LogP contribution is 2.32. The van der Waals surface area contributed by atoms with Gasteiger partial charge in [0.05, 0.1) is 6.04 Å². The predicted octanol–water partition coefficient (Wildman–Crippen LogP) is 4.75. The highest BCUT2D eigenvalue weighted by Gasteiger charge is 2.33. The topological polar surface area (TPSA) is 12.0 Å². The fourth-order valence-electron chi connectivity index (χ4n) is 1.89. The zero-order valence-corrected chi connectivity index (χ0v) is 12.3. The van der Waals surface area contributed by atoms with E-state index in [1.165, 1.54) is 9.24 Å². The largest absolute Gasteiger partial charge is 0.376 e. The highest BCUT2D eigenvalue weighted by atomic mass is 31.0. The number of anilines is 1. The van der Waals surface area contributed by atoms with E-state index in [1.54, 1.807) is 20.8 Å². The second-order valence-electron chi connectivity index (χ2n) is 4.79. The molecular weight excluding hydrogens is 277 g/mol. The van der Waals surface area contributed by atoms with Crippen LogP contribution in [0.3, 0.4) is 0 Å². The minimum absolute atomic E-state index is 0.0216. The maximum atomic E-state index is 13.7. The predicted molar refractivity (Wildman–Crippen MR) is 72.8 cm³/mol. The molecule has 0 saturated carbocycles. The third-order valence-corrected chi connectivity index (χ3v) is 3.27. The monoisotopic (exact) mass is 295 g/mol. The quantitative estimate of drug-likeness (QED) is 0.611. The first-order chi connectivity index (χ1) is 8.66. The molecule has 1 aromatic rings. The Hall–Kier alpha value is -0.830. The average molecular weight is 295 g/mol. The zero-order valence-electron chi connectivity index (χ0n) is 11.1. The second-order valence-corrected chi connectivity index (χ2v) is 5.56. The summed E-state index contributed by atoms with van der Waals surface area (Å²) < 4.78 is 53.9. The van der Waals surface area contributed by atoms with Gasteiger partial charge in [-0.05, 0) is 24.5 Å². The van der Waals surface area contributed by atoms with Crippen LogP contribution in [0.25, 0.3) is 0 Å². The van der Waals surface area contributed by atoms with Gasteiger partial charge in [0.2, 0.25) is 0 Å². The van der Waals surface area contributed by atoms with E-state index in [1.807, 2.05) is 0 Å². The number of halogens is 4. The summed E-state index contributed by atoms with van der Waals surface area (Å²) in [7, 11) is 1.44. The molecule has 108 valence electrons. The molecule has 0 heterocycles. The van der Waals surface area contributed by atoms with E-state index in [9.17, 15) is 17.6 Å². The lowest BCUT2D eigenvalue weighted by Gasteiger charge is -2.24. The SMILES string of the molecule is CCC(Nc1cc(F)c(C(C)C)c(F)c1)C(F)(F)P. The summed E-state index contributed by atoms with van der Waals surface area (Å²) in [5, 5.41) is 2.47. The van der Waals surface area contributed by atoms with E-state index in [-0.39, 0.29) is 23.6 Å². The summed E-state index contributed by atoms with van der Waals surface area (Å²) in [5.41, 5.74) is -3.05. The molecule has 0 aliphatic carbocycles. The molecular formula is C13H18F4NP. The van der Waals surface area contributed by atoms with Crippen molar-refractivity contribution in [2.24, 2.45) is 0 Å². The Morgan fingerprint density at radius 2 is 1.68 bits per heavy atom. The van der Waals surface area contributed by atoms with Gasteiger partial charge in [0, 0.05) is 11.3 Å². The van der Waals surface area contributed by atoms with Crippen molar-refractivity contribution in [1.29, 1.82) is 0 Å². The molecule has 2 unspecified atom stereocenters. The van der Waals surface area contributed by atoms with Crippen LogP contribution in [-0.2, 0) is 0 Å². The molecule has 2 atom stereocenters. The Bertz CT molecular complexity index is 420. The van der Waals surface area contributed by atoms with E-state index < -0.39 is 23.3 Å². The van der Waals surface area contributed by atoms with Crippen LogP contribution in [0.4, 0.5) is 23.2 Å². The number of hydrogen-bond donors (Lipinski definition) is 1. The summed E-state index contributed by atoms with van der Waals surface area (Å²) in [6.07, 6.45) is 0.131. The van der Waals surface area contributed by atoms with E-state index in [0.29, 0.717) is 0 Å². The van der Waals surface area contributed by atoms with E-state index in [2.05, 4.69) is 5.32 Å². The normalized spacial score (nSPS) is 13.7. The van der Waals surface area contributed by atoms with Crippen molar-refractivity contribution in [3.05, 3.63) is 29.3 Å². The Labute approximate surface area is 113 Å². The smallest absolute Gasteiger partial charge is 0.278 e. The van der Waals surface area contributed by atoms with Crippen LogP contribution in [0, 0.1) is 11.6 Å². The lowest BCUT2D eigenvalue weighted by molar-refractivity contribution is 0.0800. The molecule has 6 heteroatoms. The first-order valence-corrected chi connectivity index (χ1v) is 6.66. The number of hydrogen-bond acceptors (Lipinski definition) is 1. The van der Waals surface area contributed by atoms with Gasteiger partial charge in [-0.2, -0.15) is 0 Å². The van der Waals surface area contributed by atoms with Crippen molar-refractivity contribution >= 4 is 14.9 Å². The fourth-order valence-corrected chi connectivity index (χ4v) is 2.21. The number of alkyl halides is 2. The molecule has 0 aliphatic rings. The minimum atomic E-state index is -3.04. The van der Waals surface area contributed by atoms with Gasteiger partial charge in [-0.3, -0.25) is 0 Å². The van der Waals surface area contributed by atoms with Gasteiger partial charge in [-0.25, -0.2) is 17.6 Å². The zero-order chi connectivity index (χ0) is 14.8. The van der Waals surface area contributed by atoms with Crippen LogP contribution in [0.1, 0.15) is 38.7 Å². The van der Waals surface area contributed by atoms with Crippen molar-refractivity contribution < 1.29 is 17.6 Å². The molecule has 0 spiro atoms. The Kier molecular flexibility index (Phi) is 5.19. The van der Waals surface area contributed by atoms with Gasteiger partial charge in [0.1, 0.15) is 11.6 Å². The molecule has 0 fully saturated rings. The second kappa shape index (κ2) is 6.08. The van der Waals surface area contributed by atoms with Crippen LogP contribution in [0.2, 0.25) is 0 Å². The van der Waals surface area contributed by atoms with E-state index in [0.717, 1.165) is 12.1 Å². The van der Waals surface area contributed by atoms with Crippen LogP contribution in [-0.4, -0.2) is 11.7 Å². The van der Waals surface area contributed by atoms with Gasteiger partial charge in [0.15, 0.2) is 0 Å². The summed E-state index contributed by atoms with van der Waals surface area (Å²) in [5.74, 6) is -1.75. The summed E-state index contributed by atoms with van der Waals surface area (Å²) >= 11 is 0. The van der Waals surface area contributed by atoms with Gasteiger partial charge in [0.25, 0.3) is 5.66 Å². The third-order valence-electron chi connectivity index (χ3n) is 2.87. The van der Waals surface area contributed by atoms with Crippen molar-refractivity contribution in [3.8, 4) is 0 Å². The van der Waals surface area contributed by atoms with Gasteiger partial charge >= 0.3 is 0 Å². The van der Waals surface area contributed by atoms with Crippen LogP contribution in [0.15, 0.2) is 12.1 Å². The summed E-state index contributed by atoms with van der Waals surface area (Å²) in [4.78, 5) is 0. The molecule has 0 radical (unpaired) electrons. The molecule has 0 aliphatic heterocycles. The van der Waals surface area contributed by atoms with E-state index >= 15 is 0 Å². The summed E-state index contributed by atoms with van der Waals surface area (Å²) in [6, 6.07) is 0.913. The van der Waals surface area contributed by atoms with Crippen molar-refractivity contribution in [3.63, 3.8) is 0 Å². The average Bonchev–Trinajstić information content (AvgIpc) is 2.22.